The first kappa shape index (κ1) is 15.9. The minimum absolute atomic E-state index is 0.0856. The van der Waals surface area contributed by atoms with Crippen molar-refractivity contribution in [3.63, 3.8) is 0 Å². The van der Waals surface area contributed by atoms with E-state index in [9.17, 15) is 0 Å². The molecule has 1 rings (SSSR count). The smallest absolute Gasteiger partial charge is 0.161 e. The van der Waals surface area contributed by atoms with Crippen LogP contribution in [0.15, 0.2) is 29.8 Å². The number of nitrogens with one attached hydrogen (secondary N) is 1. The fourth-order valence-corrected chi connectivity index (χ4v) is 1.56. The summed E-state index contributed by atoms with van der Waals surface area (Å²) in [6.45, 7) is 7.63. The summed E-state index contributed by atoms with van der Waals surface area (Å²) in [5.41, 5.74) is 2.68. The van der Waals surface area contributed by atoms with Crippen LogP contribution in [0.4, 0.5) is 0 Å². The van der Waals surface area contributed by atoms with E-state index in [1.54, 1.807) is 13.2 Å². The van der Waals surface area contributed by atoms with Gasteiger partial charge >= 0.3 is 0 Å². The third-order valence-corrected chi connectivity index (χ3v) is 2.65. The van der Waals surface area contributed by atoms with Crippen molar-refractivity contribution in [2.24, 2.45) is 0 Å². The zero-order chi connectivity index (χ0) is 14.3. The summed E-state index contributed by atoms with van der Waals surface area (Å²) in [5, 5.41) is 3.44. The minimum atomic E-state index is 0.0856. The van der Waals surface area contributed by atoms with Crippen molar-refractivity contribution < 1.29 is 9.47 Å². The van der Waals surface area contributed by atoms with Crippen LogP contribution in [0.3, 0.4) is 0 Å². The molecule has 0 spiro atoms. The highest BCUT2D eigenvalue weighted by atomic mass is 35.5. The zero-order valence-corrected chi connectivity index (χ0v) is 12.8. The standard InChI is InChI=1S/C15H22ClNO2/c1-15(2,3)17-11-12-6-7-13(18-4)14(10-12)19-9-5-8-16/h5-8,10,17H,9,11H2,1-4H3/b8-5+. The zero-order valence-electron chi connectivity index (χ0n) is 12.0. The van der Waals surface area contributed by atoms with E-state index in [0.717, 1.165) is 23.6 Å². The van der Waals surface area contributed by atoms with Crippen LogP contribution in [0, 0.1) is 0 Å². The van der Waals surface area contributed by atoms with Crippen molar-refractivity contribution in [3.05, 3.63) is 35.4 Å². The molecule has 0 aliphatic heterocycles. The van der Waals surface area contributed by atoms with Crippen LogP contribution in [0.1, 0.15) is 26.3 Å². The van der Waals surface area contributed by atoms with E-state index >= 15 is 0 Å². The van der Waals surface area contributed by atoms with Crippen LogP contribution >= 0.6 is 11.6 Å². The van der Waals surface area contributed by atoms with Crippen LogP contribution in [0.5, 0.6) is 11.5 Å². The maximum atomic E-state index is 5.62. The lowest BCUT2D eigenvalue weighted by Gasteiger charge is -2.21. The lowest BCUT2D eigenvalue weighted by atomic mass is 10.1. The highest BCUT2D eigenvalue weighted by Crippen LogP contribution is 2.28. The largest absolute Gasteiger partial charge is 0.493 e. The van der Waals surface area contributed by atoms with Gasteiger partial charge in [0, 0.05) is 17.6 Å². The molecule has 0 amide bonds. The van der Waals surface area contributed by atoms with Crippen LogP contribution in [-0.4, -0.2) is 19.3 Å². The second kappa shape index (κ2) is 7.41. The first-order valence-corrected chi connectivity index (χ1v) is 6.70. The number of hydrogen-bond acceptors (Lipinski definition) is 3. The molecule has 0 aliphatic carbocycles. The molecule has 0 heterocycles. The van der Waals surface area contributed by atoms with E-state index in [1.165, 1.54) is 5.54 Å². The topological polar surface area (TPSA) is 30.5 Å². The molecule has 0 saturated heterocycles. The Hall–Kier alpha value is -1.19. The number of rotatable bonds is 6. The predicted molar refractivity (Wildman–Crippen MR) is 80.1 cm³/mol. The van der Waals surface area contributed by atoms with Gasteiger partial charge in [0.05, 0.1) is 7.11 Å². The van der Waals surface area contributed by atoms with Gasteiger partial charge in [0.2, 0.25) is 0 Å². The maximum Gasteiger partial charge on any atom is 0.161 e. The Labute approximate surface area is 120 Å². The summed E-state index contributed by atoms with van der Waals surface area (Å²) in [7, 11) is 1.63. The van der Waals surface area contributed by atoms with Gasteiger partial charge in [-0.3, -0.25) is 0 Å². The second-order valence-corrected chi connectivity index (χ2v) is 5.51. The fraction of sp³-hybridized carbons (Fsp3) is 0.467. The van der Waals surface area contributed by atoms with Gasteiger partial charge in [-0.2, -0.15) is 0 Å². The molecule has 1 aromatic rings. The quantitative estimate of drug-likeness (QED) is 0.863. The van der Waals surface area contributed by atoms with Gasteiger partial charge in [0.25, 0.3) is 0 Å². The summed E-state index contributed by atoms with van der Waals surface area (Å²) in [6.07, 6.45) is 1.74. The summed E-state index contributed by atoms with van der Waals surface area (Å²) < 4.78 is 10.9. The molecule has 0 fully saturated rings. The molecule has 0 radical (unpaired) electrons. The number of methoxy groups -OCH3 is 1. The van der Waals surface area contributed by atoms with E-state index < -0.39 is 0 Å². The minimum Gasteiger partial charge on any atom is -0.493 e. The lowest BCUT2D eigenvalue weighted by Crippen LogP contribution is -2.35. The molecule has 3 nitrogen and oxygen atoms in total. The predicted octanol–water partition coefficient (Wildman–Crippen LogP) is 3.71. The van der Waals surface area contributed by atoms with Crippen molar-refractivity contribution >= 4 is 11.6 Å². The van der Waals surface area contributed by atoms with Gasteiger partial charge in [-0.1, -0.05) is 17.7 Å². The molecule has 1 N–H and O–H groups in total. The Bertz CT molecular complexity index is 425. The number of hydrogen-bond donors (Lipinski definition) is 1. The van der Waals surface area contributed by atoms with Gasteiger partial charge < -0.3 is 14.8 Å². The average molecular weight is 284 g/mol. The van der Waals surface area contributed by atoms with E-state index in [0.29, 0.717) is 6.61 Å². The third kappa shape index (κ3) is 5.99. The second-order valence-electron chi connectivity index (χ2n) is 5.26. The van der Waals surface area contributed by atoms with E-state index in [2.05, 4.69) is 26.1 Å². The summed E-state index contributed by atoms with van der Waals surface area (Å²) >= 11 is 5.47. The Balaban J connectivity index is 2.76. The molecule has 0 aromatic heterocycles. The van der Waals surface area contributed by atoms with Gasteiger partial charge in [0.15, 0.2) is 11.5 Å². The average Bonchev–Trinajstić information content (AvgIpc) is 2.36. The van der Waals surface area contributed by atoms with Gasteiger partial charge in [0.1, 0.15) is 6.61 Å². The molecule has 0 atom stereocenters. The third-order valence-electron chi connectivity index (χ3n) is 2.48. The summed E-state index contributed by atoms with van der Waals surface area (Å²) in [5.74, 6) is 1.45. The number of benzene rings is 1. The van der Waals surface area contributed by atoms with Crippen LogP contribution < -0.4 is 14.8 Å². The normalized spacial score (nSPS) is 11.8. The first-order chi connectivity index (χ1) is 8.96. The molecule has 106 valence electrons. The summed E-state index contributed by atoms with van der Waals surface area (Å²) in [4.78, 5) is 0. The molecule has 4 heteroatoms. The summed E-state index contributed by atoms with van der Waals surface area (Å²) in [6, 6.07) is 5.93. The fourth-order valence-electron chi connectivity index (χ4n) is 1.49. The molecule has 0 bridgehead atoms. The van der Waals surface area contributed by atoms with Gasteiger partial charge in [-0.15, -0.1) is 0 Å². The van der Waals surface area contributed by atoms with Crippen LogP contribution in [0.2, 0.25) is 0 Å². The highest BCUT2D eigenvalue weighted by Gasteiger charge is 2.10. The van der Waals surface area contributed by atoms with Crippen LogP contribution in [-0.2, 0) is 6.54 Å². The molecule has 19 heavy (non-hydrogen) atoms. The Kier molecular flexibility index (Phi) is 6.19. The molecule has 0 saturated carbocycles. The van der Waals surface area contributed by atoms with Crippen molar-refractivity contribution in [1.29, 1.82) is 0 Å². The molecular weight excluding hydrogens is 262 g/mol. The Morgan fingerprint density at radius 2 is 2.00 bits per heavy atom. The van der Waals surface area contributed by atoms with E-state index in [-0.39, 0.29) is 5.54 Å². The van der Waals surface area contributed by atoms with Gasteiger partial charge in [-0.05, 0) is 44.5 Å². The van der Waals surface area contributed by atoms with Crippen molar-refractivity contribution in [3.8, 4) is 11.5 Å². The van der Waals surface area contributed by atoms with Crippen molar-refractivity contribution in [1.82, 2.24) is 5.32 Å². The molecule has 0 unspecified atom stereocenters. The van der Waals surface area contributed by atoms with E-state index in [1.807, 2.05) is 18.2 Å². The number of ether oxygens (including phenoxy) is 2. The Morgan fingerprint density at radius 3 is 2.58 bits per heavy atom. The Morgan fingerprint density at radius 1 is 1.26 bits per heavy atom. The van der Waals surface area contributed by atoms with Crippen molar-refractivity contribution in [2.75, 3.05) is 13.7 Å². The lowest BCUT2D eigenvalue weighted by molar-refractivity contribution is 0.325. The number of halogens is 1. The SMILES string of the molecule is COc1ccc(CNC(C)(C)C)cc1OC/C=C/Cl. The van der Waals surface area contributed by atoms with Crippen molar-refractivity contribution in [2.45, 2.75) is 32.9 Å². The molecule has 0 aliphatic rings. The van der Waals surface area contributed by atoms with E-state index in [4.69, 9.17) is 21.1 Å². The maximum absolute atomic E-state index is 5.62. The van der Waals surface area contributed by atoms with Crippen LogP contribution in [0.25, 0.3) is 0 Å². The first-order valence-electron chi connectivity index (χ1n) is 6.26. The molecule has 1 aromatic carbocycles. The van der Waals surface area contributed by atoms with Gasteiger partial charge in [-0.25, -0.2) is 0 Å². The molecular formula is C15H22ClNO2. The highest BCUT2D eigenvalue weighted by molar-refractivity contribution is 6.25. The monoisotopic (exact) mass is 283 g/mol.